The van der Waals surface area contributed by atoms with Crippen molar-refractivity contribution in [2.75, 3.05) is 0 Å². The van der Waals surface area contributed by atoms with E-state index < -0.39 is 40.9 Å². The second-order valence-electron chi connectivity index (χ2n) is 10.6. The third-order valence-electron chi connectivity index (χ3n) is 7.20. The highest BCUT2D eigenvalue weighted by atomic mass is 19.3. The second-order valence-corrected chi connectivity index (χ2v) is 10.6. The minimum atomic E-state index is -3.97. The van der Waals surface area contributed by atoms with Gasteiger partial charge in [0.15, 0.2) is 23.3 Å². The van der Waals surface area contributed by atoms with Gasteiger partial charge in [-0.25, -0.2) is 31.9 Å². The minimum Gasteiger partial charge on any atom is -0.429 e. The van der Waals surface area contributed by atoms with Crippen LogP contribution in [-0.2, 0) is 6.42 Å². The Bertz CT molecular complexity index is 1830. The number of ether oxygens (including phenoxy) is 1. The van der Waals surface area contributed by atoms with Gasteiger partial charge in [0.05, 0.1) is 0 Å². The molecule has 0 atom stereocenters. The Morgan fingerprint density at radius 2 is 1.30 bits per heavy atom. The summed E-state index contributed by atoms with van der Waals surface area (Å²) in [7, 11) is 0. The number of hydrogen-bond donors (Lipinski definition) is 0. The molecule has 3 nitrogen and oxygen atoms in total. The van der Waals surface area contributed by atoms with E-state index in [1.807, 2.05) is 24.5 Å². The number of hydrogen-bond acceptors (Lipinski definition) is 3. The van der Waals surface area contributed by atoms with Gasteiger partial charge < -0.3 is 4.74 Å². The smallest absolute Gasteiger partial charge is 0.419 e. The summed E-state index contributed by atoms with van der Waals surface area (Å²) in [6.45, 7) is 2.15. The third kappa shape index (κ3) is 7.80. The fourth-order valence-electron chi connectivity index (χ4n) is 4.75. The molecule has 0 saturated carbocycles. The fourth-order valence-corrected chi connectivity index (χ4v) is 4.75. The van der Waals surface area contributed by atoms with E-state index >= 15 is 0 Å². The number of benzene rings is 4. The molecule has 0 spiro atoms. The molecule has 1 aromatic heterocycles. The largest absolute Gasteiger partial charge is 0.429 e. The molecule has 0 bridgehead atoms. The number of aromatic nitrogens is 2. The van der Waals surface area contributed by atoms with Crippen LogP contribution in [-0.4, -0.2) is 16.1 Å². The molecule has 0 amide bonds. The van der Waals surface area contributed by atoms with Gasteiger partial charge in [0.2, 0.25) is 0 Å². The summed E-state index contributed by atoms with van der Waals surface area (Å²) in [6.07, 6.45) is 5.11. The molecular weight excluding hydrogens is 609 g/mol. The molecule has 0 unspecified atom stereocenters. The predicted octanol–water partition coefficient (Wildman–Crippen LogP) is 10.6. The molecule has 1 heterocycles. The molecule has 236 valence electrons. The van der Waals surface area contributed by atoms with Gasteiger partial charge in [0, 0.05) is 41.2 Å². The molecule has 0 fully saturated rings. The zero-order valence-corrected chi connectivity index (χ0v) is 24.5. The van der Waals surface area contributed by atoms with Crippen molar-refractivity contribution in [2.45, 2.75) is 38.7 Å². The molecule has 0 aliphatic rings. The van der Waals surface area contributed by atoms with Crippen LogP contribution in [0.4, 0.5) is 30.7 Å². The summed E-state index contributed by atoms with van der Waals surface area (Å²) in [5.41, 5.74) is 2.25. The van der Waals surface area contributed by atoms with Crippen molar-refractivity contribution in [1.29, 1.82) is 0 Å². The summed E-state index contributed by atoms with van der Waals surface area (Å²) in [5.74, 6) is -6.72. The molecular formula is C36H27F7N2O. The maximum absolute atomic E-state index is 14.9. The summed E-state index contributed by atoms with van der Waals surface area (Å²) in [4.78, 5) is 8.89. The summed E-state index contributed by atoms with van der Waals surface area (Å²) in [5, 5.41) is 0. The monoisotopic (exact) mass is 636 g/mol. The normalized spacial score (nSPS) is 11.7. The lowest BCUT2D eigenvalue weighted by Gasteiger charge is -2.15. The summed E-state index contributed by atoms with van der Waals surface area (Å²) in [6, 6.07) is 15.0. The number of rotatable bonds is 11. The van der Waals surface area contributed by atoms with Gasteiger partial charge in [-0.1, -0.05) is 56.2 Å². The fraction of sp³-hybridized carbons (Fsp3) is 0.167. The quantitative estimate of drug-likeness (QED) is 0.0822. The van der Waals surface area contributed by atoms with Crippen LogP contribution in [0.3, 0.4) is 0 Å². The second kappa shape index (κ2) is 14.0. The first-order valence-corrected chi connectivity index (χ1v) is 14.4. The van der Waals surface area contributed by atoms with Crippen LogP contribution < -0.4 is 4.74 Å². The first-order valence-electron chi connectivity index (χ1n) is 14.4. The zero-order valence-electron chi connectivity index (χ0n) is 24.5. The lowest BCUT2D eigenvalue weighted by molar-refractivity contribution is -0.131. The summed E-state index contributed by atoms with van der Waals surface area (Å²) < 4.78 is 103. The van der Waals surface area contributed by atoms with Crippen LogP contribution in [0.15, 0.2) is 91.3 Å². The lowest BCUT2D eigenvalue weighted by Crippen LogP contribution is -2.21. The highest BCUT2D eigenvalue weighted by Crippen LogP contribution is 2.32. The topological polar surface area (TPSA) is 35.0 Å². The van der Waals surface area contributed by atoms with Crippen LogP contribution in [0.25, 0.3) is 39.7 Å². The first-order chi connectivity index (χ1) is 22.0. The van der Waals surface area contributed by atoms with Gasteiger partial charge in [0.25, 0.3) is 0 Å². The Labute approximate surface area is 261 Å². The number of unbranched alkanes of at least 4 members (excludes halogenated alkanes) is 2. The first kappa shape index (κ1) is 32.4. The van der Waals surface area contributed by atoms with E-state index in [0.29, 0.717) is 41.2 Å². The standard InChI is InChI=1S/C36H27F7N2O/c1-2-3-4-5-22-20-44-35(45-21-22)25-9-6-23(7-10-25)26-11-8-24(30(37)16-26)14-15-36(42,43)46-28-12-13-29(31(38)19-28)27-17-32(39)34(41)33(40)18-27/h6-21H,2-5H2,1H3/b15-14+. The predicted molar refractivity (Wildman–Crippen MR) is 162 cm³/mol. The maximum atomic E-state index is 14.9. The van der Waals surface area contributed by atoms with E-state index in [2.05, 4.69) is 21.6 Å². The highest BCUT2D eigenvalue weighted by Gasteiger charge is 2.28. The van der Waals surface area contributed by atoms with Gasteiger partial charge in [-0.15, -0.1) is 0 Å². The third-order valence-corrected chi connectivity index (χ3v) is 7.20. The number of alkyl halides is 2. The maximum Gasteiger partial charge on any atom is 0.419 e. The van der Waals surface area contributed by atoms with Crippen molar-refractivity contribution < 1.29 is 35.5 Å². The van der Waals surface area contributed by atoms with Crippen LogP contribution in [0, 0.1) is 29.1 Å². The molecule has 5 rings (SSSR count). The Morgan fingerprint density at radius 3 is 1.93 bits per heavy atom. The van der Waals surface area contributed by atoms with E-state index in [0.717, 1.165) is 55.0 Å². The Morgan fingerprint density at radius 1 is 0.674 bits per heavy atom. The SMILES string of the molecule is CCCCCc1cnc(-c2ccc(-c3ccc(/C=C/C(F)(F)Oc4ccc(-c5cc(F)c(F)c(F)c5)c(F)c4)c(F)c3)cc2)nc1. The van der Waals surface area contributed by atoms with Gasteiger partial charge >= 0.3 is 6.11 Å². The lowest BCUT2D eigenvalue weighted by atomic mass is 10.0. The van der Waals surface area contributed by atoms with Gasteiger partial charge in [-0.3, -0.25) is 0 Å². The molecule has 0 aliphatic carbocycles. The summed E-state index contributed by atoms with van der Waals surface area (Å²) >= 11 is 0. The van der Waals surface area contributed by atoms with E-state index in [9.17, 15) is 30.7 Å². The van der Waals surface area contributed by atoms with E-state index in [4.69, 9.17) is 0 Å². The number of halogens is 7. The van der Waals surface area contributed by atoms with E-state index in [1.165, 1.54) is 12.1 Å². The van der Waals surface area contributed by atoms with Gasteiger partial charge in [-0.05, 0) is 71.5 Å². The average molecular weight is 637 g/mol. The van der Waals surface area contributed by atoms with Crippen LogP contribution in [0.5, 0.6) is 5.75 Å². The number of nitrogens with zero attached hydrogens (tertiary/aromatic N) is 2. The van der Waals surface area contributed by atoms with Crippen molar-refractivity contribution in [3.63, 3.8) is 0 Å². The van der Waals surface area contributed by atoms with Gasteiger partial charge in [0.1, 0.15) is 17.4 Å². The van der Waals surface area contributed by atoms with Crippen LogP contribution in [0.1, 0.15) is 37.3 Å². The molecule has 4 aromatic carbocycles. The molecule has 5 aromatic rings. The van der Waals surface area contributed by atoms with E-state index in [-0.39, 0.29) is 16.7 Å². The van der Waals surface area contributed by atoms with Crippen molar-refractivity contribution >= 4 is 6.08 Å². The Balaban J connectivity index is 1.24. The van der Waals surface area contributed by atoms with Crippen molar-refractivity contribution in [3.8, 4) is 39.4 Å². The van der Waals surface area contributed by atoms with E-state index in [1.54, 1.807) is 18.2 Å². The Kier molecular flexibility index (Phi) is 9.84. The minimum absolute atomic E-state index is 0.141. The molecule has 0 saturated heterocycles. The molecule has 0 radical (unpaired) electrons. The molecule has 46 heavy (non-hydrogen) atoms. The molecule has 0 aliphatic heterocycles. The van der Waals surface area contributed by atoms with Crippen LogP contribution in [0.2, 0.25) is 0 Å². The number of aryl methyl sites for hydroxylation is 1. The molecule has 10 heteroatoms. The van der Waals surface area contributed by atoms with Crippen molar-refractivity contribution in [2.24, 2.45) is 0 Å². The van der Waals surface area contributed by atoms with Gasteiger partial charge in [-0.2, -0.15) is 8.78 Å². The molecule has 0 N–H and O–H groups in total. The Hall–Kier alpha value is -4.99. The van der Waals surface area contributed by atoms with Crippen molar-refractivity contribution in [3.05, 3.63) is 131 Å². The zero-order chi connectivity index (χ0) is 32.8. The van der Waals surface area contributed by atoms with Crippen LogP contribution >= 0.6 is 0 Å². The average Bonchev–Trinajstić information content (AvgIpc) is 3.03. The van der Waals surface area contributed by atoms with Crippen molar-refractivity contribution in [1.82, 2.24) is 9.97 Å². The highest BCUT2D eigenvalue weighted by molar-refractivity contribution is 5.69.